The summed E-state index contributed by atoms with van der Waals surface area (Å²) < 4.78 is 17.1. The van der Waals surface area contributed by atoms with E-state index in [1.54, 1.807) is 26.8 Å². The Morgan fingerprint density at radius 1 is 1.64 bits per heavy atom. The van der Waals surface area contributed by atoms with Gasteiger partial charge in [-0.3, -0.25) is 0 Å². The van der Waals surface area contributed by atoms with Crippen LogP contribution in [0.3, 0.4) is 0 Å². The van der Waals surface area contributed by atoms with Gasteiger partial charge in [0, 0.05) is 0 Å². The molecule has 0 aromatic heterocycles. The first-order valence-electron chi connectivity index (χ1n) is 4.31. The van der Waals surface area contributed by atoms with Crippen LogP contribution in [0.5, 0.6) is 0 Å². The van der Waals surface area contributed by atoms with Gasteiger partial charge in [0.25, 0.3) is 0 Å². The van der Waals surface area contributed by atoms with Crippen molar-refractivity contribution in [2.45, 2.75) is 38.8 Å². The van der Waals surface area contributed by atoms with Crippen LogP contribution >= 0.6 is 0 Å². The van der Waals surface area contributed by atoms with Gasteiger partial charge in [-0.15, -0.1) is 0 Å². The Kier molecular flexibility index (Phi) is 4.92. The molecule has 1 amide bonds. The Morgan fingerprint density at radius 2 is 2.21 bits per heavy atom. The van der Waals surface area contributed by atoms with Crippen LogP contribution in [0.4, 0.5) is 9.18 Å². The molecule has 0 aromatic carbocycles. The number of rotatable bonds is 3. The van der Waals surface area contributed by atoms with Crippen molar-refractivity contribution in [1.29, 1.82) is 5.26 Å². The number of carbonyl (C=O) groups is 1. The largest absolute Gasteiger partial charge is 0.444 e. The van der Waals surface area contributed by atoms with Crippen molar-refractivity contribution in [2.75, 3.05) is 6.67 Å². The first-order valence-corrected chi connectivity index (χ1v) is 4.31. The van der Waals surface area contributed by atoms with E-state index >= 15 is 0 Å². The van der Waals surface area contributed by atoms with E-state index in [1.807, 2.05) is 0 Å². The number of ether oxygens (including phenoxy) is 1. The summed E-state index contributed by atoms with van der Waals surface area (Å²) in [5.41, 5.74) is -0.614. The third-order valence-corrected chi connectivity index (χ3v) is 1.24. The van der Waals surface area contributed by atoms with Crippen LogP contribution in [0.25, 0.3) is 0 Å². The van der Waals surface area contributed by atoms with E-state index in [0.717, 1.165) is 0 Å². The summed E-state index contributed by atoms with van der Waals surface area (Å²) >= 11 is 0. The maximum absolute atomic E-state index is 12.2. The SMILES string of the molecule is CC(C)(C)OC(=O)NC(CF)CC#N. The molecule has 0 aliphatic carbocycles. The molecule has 4 nitrogen and oxygen atoms in total. The van der Waals surface area contributed by atoms with Crippen LogP contribution in [0, 0.1) is 11.3 Å². The maximum atomic E-state index is 12.2. The van der Waals surface area contributed by atoms with Crippen molar-refractivity contribution < 1.29 is 13.9 Å². The minimum absolute atomic E-state index is 0.0598. The predicted octanol–water partition coefficient (Wildman–Crippen LogP) is 1.76. The van der Waals surface area contributed by atoms with E-state index in [-0.39, 0.29) is 6.42 Å². The quantitative estimate of drug-likeness (QED) is 0.758. The number of carbonyl (C=O) groups excluding carboxylic acids is 1. The van der Waals surface area contributed by atoms with Crippen molar-refractivity contribution >= 4 is 6.09 Å². The molecule has 0 fully saturated rings. The van der Waals surface area contributed by atoms with Crippen molar-refractivity contribution in [3.63, 3.8) is 0 Å². The topological polar surface area (TPSA) is 62.1 Å². The lowest BCUT2D eigenvalue weighted by Crippen LogP contribution is -2.40. The zero-order valence-corrected chi connectivity index (χ0v) is 8.63. The Balaban J connectivity index is 3.98. The van der Waals surface area contributed by atoms with Crippen LogP contribution < -0.4 is 5.32 Å². The highest BCUT2D eigenvalue weighted by atomic mass is 19.1. The lowest BCUT2D eigenvalue weighted by molar-refractivity contribution is 0.0497. The third kappa shape index (κ3) is 6.23. The van der Waals surface area contributed by atoms with Gasteiger partial charge in [0.2, 0.25) is 0 Å². The molecule has 0 saturated heterocycles. The number of alkyl carbamates (subject to hydrolysis) is 1. The molecule has 1 N–H and O–H groups in total. The summed E-state index contributed by atoms with van der Waals surface area (Å²) in [6.07, 6.45) is -0.758. The van der Waals surface area contributed by atoms with Crippen LogP contribution in [0.2, 0.25) is 0 Å². The molecular formula is C9H15FN2O2. The monoisotopic (exact) mass is 202 g/mol. The average Bonchev–Trinajstić information content (AvgIpc) is 2.00. The van der Waals surface area contributed by atoms with Gasteiger partial charge in [-0.1, -0.05) is 0 Å². The van der Waals surface area contributed by atoms with Crippen LogP contribution in [-0.4, -0.2) is 24.4 Å². The van der Waals surface area contributed by atoms with Crippen LogP contribution in [0.15, 0.2) is 0 Å². The molecule has 0 aliphatic heterocycles. The lowest BCUT2D eigenvalue weighted by Gasteiger charge is -2.21. The normalized spacial score (nSPS) is 12.8. The fourth-order valence-corrected chi connectivity index (χ4v) is 0.729. The first kappa shape index (κ1) is 12.7. The summed E-state index contributed by atoms with van der Waals surface area (Å²) in [6.45, 7) is 4.36. The highest BCUT2D eigenvalue weighted by Gasteiger charge is 2.19. The highest BCUT2D eigenvalue weighted by Crippen LogP contribution is 2.07. The summed E-state index contributed by atoms with van der Waals surface area (Å²) in [5, 5.41) is 10.6. The van der Waals surface area contributed by atoms with Crippen molar-refractivity contribution in [3.05, 3.63) is 0 Å². The summed E-state index contributed by atoms with van der Waals surface area (Å²) in [4.78, 5) is 11.1. The van der Waals surface area contributed by atoms with E-state index in [0.29, 0.717) is 0 Å². The minimum Gasteiger partial charge on any atom is -0.444 e. The molecule has 0 saturated carbocycles. The number of hydrogen-bond donors (Lipinski definition) is 1. The second-order valence-corrected chi connectivity index (χ2v) is 3.86. The Labute approximate surface area is 83.0 Å². The number of nitrogens with zero attached hydrogens (tertiary/aromatic N) is 1. The predicted molar refractivity (Wildman–Crippen MR) is 49.4 cm³/mol. The minimum atomic E-state index is -0.783. The average molecular weight is 202 g/mol. The number of amides is 1. The smallest absolute Gasteiger partial charge is 0.407 e. The highest BCUT2D eigenvalue weighted by molar-refractivity contribution is 5.68. The van der Waals surface area contributed by atoms with Gasteiger partial charge in [0.05, 0.1) is 18.5 Å². The number of nitrogens with one attached hydrogen (secondary N) is 1. The van der Waals surface area contributed by atoms with Crippen molar-refractivity contribution in [1.82, 2.24) is 5.32 Å². The van der Waals surface area contributed by atoms with Gasteiger partial charge >= 0.3 is 6.09 Å². The fraction of sp³-hybridized carbons (Fsp3) is 0.778. The molecule has 0 rings (SSSR count). The second-order valence-electron chi connectivity index (χ2n) is 3.86. The summed E-state index contributed by atoms with van der Waals surface area (Å²) in [7, 11) is 0. The number of alkyl halides is 1. The molecule has 1 unspecified atom stereocenters. The van der Waals surface area contributed by atoms with Crippen molar-refractivity contribution in [3.8, 4) is 6.07 Å². The third-order valence-electron chi connectivity index (χ3n) is 1.24. The molecule has 0 radical (unpaired) electrons. The molecule has 0 heterocycles. The van der Waals surface area contributed by atoms with Gasteiger partial charge in [0.15, 0.2) is 0 Å². The number of halogens is 1. The Bertz CT molecular complexity index is 230. The molecule has 80 valence electrons. The number of hydrogen-bond acceptors (Lipinski definition) is 3. The molecule has 0 aromatic rings. The first-order chi connectivity index (χ1) is 6.39. The van der Waals surface area contributed by atoms with Gasteiger partial charge < -0.3 is 10.1 Å². The van der Waals surface area contributed by atoms with E-state index < -0.39 is 24.4 Å². The van der Waals surface area contributed by atoms with E-state index in [1.165, 1.54) is 0 Å². The molecule has 0 bridgehead atoms. The van der Waals surface area contributed by atoms with Gasteiger partial charge in [0.1, 0.15) is 12.3 Å². The Hall–Kier alpha value is -1.31. The molecule has 0 spiro atoms. The van der Waals surface area contributed by atoms with Crippen LogP contribution in [-0.2, 0) is 4.74 Å². The zero-order valence-electron chi connectivity index (χ0n) is 8.63. The molecule has 1 atom stereocenters. The van der Waals surface area contributed by atoms with Gasteiger partial charge in [-0.2, -0.15) is 5.26 Å². The molecule has 14 heavy (non-hydrogen) atoms. The van der Waals surface area contributed by atoms with Gasteiger partial charge in [-0.05, 0) is 20.8 Å². The number of nitriles is 1. The lowest BCUT2D eigenvalue weighted by atomic mass is 10.2. The maximum Gasteiger partial charge on any atom is 0.407 e. The summed E-state index contributed by atoms with van der Waals surface area (Å²) in [5.74, 6) is 0. The zero-order chi connectivity index (χ0) is 11.2. The summed E-state index contributed by atoms with van der Waals surface area (Å²) in [6, 6.07) is 0.994. The Morgan fingerprint density at radius 3 is 2.57 bits per heavy atom. The van der Waals surface area contributed by atoms with Gasteiger partial charge in [-0.25, -0.2) is 9.18 Å². The second kappa shape index (κ2) is 5.43. The van der Waals surface area contributed by atoms with Crippen LogP contribution in [0.1, 0.15) is 27.2 Å². The molecule has 5 heteroatoms. The van der Waals surface area contributed by atoms with Crippen molar-refractivity contribution in [2.24, 2.45) is 0 Å². The van der Waals surface area contributed by atoms with E-state index in [9.17, 15) is 9.18 Å². The standard InChI is InChI=1S/C9H15FN2O2/c1-9(2,3)14-8(13)12-7(6-10)4-5-11/h7H,4,6H2,1-3H3,(H,12,13). The van der Waals surface area contributed by atoms with E-state index in [4.69, 9.17) is 10.00 Å². The molecule has 0 aliphatic rings. The molecular weight excluding hydrogens is 187 g/mol. The fourth-order valence-electron chi connectivity index (χ4n) is 0.729. The van der Waals surface area contributed by atoms with E-state index in [2.05, 4.69) is 5.32 Å².